The molecule has 3 aromatic carbocycles. The molecule has 2 aliphatic heterocycles. The second kappa shape index (κ2) is 8.17. The first kappa shape index (κ1) is 20.3. The molecule has 0 spiro atoms. The highest BCUT2D eigenvalue weighted by Gasteiger charge is 2.28. The topological polar surface area (TPSA) is 62.8 Å². The van der Waals surface area contributed by atoms with Crippen molar-refractivity contribution in [1.29, 1.82) is 0 Å². The molecule has 2 unspecified atom stereocenters. The van der Waals surface area contributed by atoms with Crippen molar-refractivity contribution in [1.82, 2.24) is 10.6 Å². The van der Waals surface area contributed by atoms with Gasteiger partial charge in [0.25, 0.3) is 0 Å². The van der Waals surface area contributed by atoms with Crippen LogP contribution in [0, 0.1) is 0 Å². The first-order chi connectivity index (χ1) is 15.0. The molecule has 31 heavy (non-hydrogen) atoms. The van der Waals surface area contributed by atoms with Crippen molar-refractivity contribution in [3.63, 3.8) is 0 Å². The number of hydrogen-bond donors (Lipinski definition) is 3. The van der Waals surface area contributed by atoms with Crippen LogP contribution in [-0.4, -0.2) is 11.9 Å². The zero-order valence-electron chi connectivity index (χ0n) is 16.0. The van der Waals surface area contributed by atoms with Crippen molar-refractivity contribution in [2.24, 2.45) is 0 Å². The van der Waals surface area contributed by atoms with Crippen LogP contribution < -0.4 is 20.1 Å². The molecule has 5 nitrogen and oxygen atoms in total. The van der Waals surface area contributed by atoms with Crippen molar-refractivity contribution in [2.75, 3.05) is 6.79 Å². The minimum atomic E-state index is -0.349. The summed E-state index contributed by atoms with van der Waals surface area (Å²) in [5.74, 6) is 1.53. The van der Waals surface area contributed by atoms with Crippen molar-refractivity contribution in [2.45, 2.75) is 12.2 Å². The van der Waals surface area contributed by atoms with Gasteiger partial charge in [-0.05, 0) is 54.6 Å². The highest BCUT2D eigenvalue weighted by molar-refractivity contribution is 6.35. The zero-order valence-corrected chi connectivity index (χ0v) is 18.3. The van der Waals surface area contributed by atoms with E-state index in [0.717, 1.165) is 16.8 Å². The van der Waals surface area contributed by atoms with Gasteiger partial charge in [0.1, 0.15) is 11.9 Å². The Balaban J connectivity index is 1.59. The standard InChI is InChI=1S/C23H17Cl3N2O3/c24-13-3-5-20(29)16(8-13)19-10-18(12-1-6-21-22(7-12)31-11-30-21)27-23(28-19)15-4-2-14(25)9-17(15)26/h1-10,19,23,27-29H,11H2. The SMILES string of the molecule is Oc1ccc(Cl)cc1C1C=C(c2ccc3c(c2)OCO3)NC(c2ccc(Cl)cc2Cl)N1. The lowest BCUT2D eigenvalue weighted by Crippen LogP contribution is -2.39. The Hall–Kier alpha value is -2.57. The average Bonchev–Trinajstić information content (AvgIpc) is 3.23. The number of rotatable bonds is 3. The van der Waals surface area contributed by atoms with E-state index in [1.165, 1.54) is 0 Å². The third-order valence-electron chi connectivity index (χ3n) is 5.26. The minimum Gasteiger partial charge on any atom is -0.508 e. The second-order valence-electron chi connectivity index (χ2n) is 7.24. The van der Waals surface area contributed by atoms with Crippen molar-refractivity contribution < 1.29 is 14.6 Å². The predicted molar refractivity (Wildman–Crippen MR) is 122 cm³/mol. The van der Waals surface area contributed by atoms with Crippen LogP contribution in [0.1, 0.15) is 28.9 Å². The number of halogens is 3. The molecule has 2 aliphatic rings. The summed E-state index contributed by atoms with van der Waals surface area (Å²) in [5, 5.41) is 19.1. The minimum absolute atomic E-state index is 0.144. The highest BCUT2D eigenvalue weighted by atomic mass is 35.5. The molecule has 0 fully saturated rings. The van der Waals surface area contributed by atoms with Crippen LogP contribution in [0.2, 0.25) is 15.1 Å². The third-order valence-corrected chi connectivity index (χ3v) is 6.06. The van der Waals surface area contributed by atoms with E-state index in [9.17, 15) is 5.11 Å². The maximum absolute atomic E-state index is 10.5. The quantitative estimate of drug-likeness (QED) is 0.430. The van der Waals surface area contributed by atoms with Gasteiger partial charge in [-0.25, -0.2) is 0 Å². The third kappa shape index (κ3) is 4.02. The Morgan fingerprint density at radius 2 is 1.61 bits per heavy atom. The van der Waals surface area contributed by atoms with E-state index in [-0.39, 0.29) is 24.8 Å². The van der Waals surface area contributed by atoms with Crippen molar-refractivity contribution >= 4 is 40.5 Å². The van der Waals surface area contributed by atoms with Gasteiger partial charge < -0.3 is 19.9 Å². The Morgan fingerprint density at radius 3 is 2.45 bits per heavy atom. The first-order valence-electron chi connectivity index (χ1n) is 9.56. The van der Waals surface area contributed by atoms with Crippen LogP contribution in [-0.2, 0) is 0 Å². The largest absolute Gasteiger partial charge is 0.508 e. The van der Waals surface area contributed by atoms with Crippen LogP contribution in [0.15, 0.2) is 60.7 Å². The van der Waals surface area contributed by atoms with Crippen LogP contribution in [0.5, 0.6) is 17.2 Å². The molecule has 0 bridgehead atoms. The fourth-order valence-corrected chi connectivity index (χ4v) is 4.44. The van der Waals surface area contributed by atoms with E-state index in [1.807, 2.05) is 30.3 Å². The van der Waals surface area contributed by atoms with Gasteiger partial charge in [-0.3, -0.25) is 5.32 Å². The lowest BCUT2D eigenvalue weighted by Gasteiger charge is -2.33. The number of ether oxygens (including phenoxy) is 2. The Morgan fingerprint density at radius 1 is 0.839 bits per heavy atom. The molecular formula is C23H17Cl3N2O3. The fraction of sp³-hybridized carbons (Fsp3) is 0.130. The second-order valence-corrected chi connectivity index (χ2v) is 8.52. The number of benzene rings is 3. The van der Waals surface area contributed by atoms with E-state index in [4.69, 9.17) is 44.3 Å². The molecule has 0 aliphatic carbocycles. The molecule has 2 heterocycles. The summed E-state index contributed by atoms with van der Waals surface area (Å²) in [6, 6.07) is 15.7. The lowest BCUT2D eigenvalue weighted by molar-refractivity contribution is 0.174. The summed E-state index contributed by atoms with van der Waals surface area (Å²) in [6.45, 7) is 0.203. The Kier molecular flexibility index (Phi) is 5.36. The summed E-state index contributed by atoms with van der Waals surface area (Å²) in [5.41, 5.74) is 3.23. The Labute approximate surface area is 194 Å². The van der Waals surface area contributed by atoms with Gasteiger partial charge in [0.05, 0.1) is 6.04 Å². The van der Waals surface area contributed by atoms with Gasteiger partial charge in [-0.15, -0.1) is 0 Å². The van der Waals surface area contributed by atoms with Gasteiger partial charge in [0.2, 0.25) is 6.79 Å². The van der Waals surface area contributed by atoms with E-state index >= 15 is 0 Å². The fourth-order valence-electron chi connectivity index (χ4n) is 3.74. The molecule has 0 amide bonds. The number of phenols is 1. The van der Waals surface area contributed by atoms with E-state index in [0.29, 0.717) is 32.1 Å². The number of nitrogens with one attached hydrogen (secondary N) is 2. The molecule has 0 aromatic heterocycles. The number of phenolic OH excluding ortho intramolecular Hbond substituents is 1. The Bertz CT molecular complexity index is 1200. The van der Waals surface area contributed by atoms with Crippen molar-refractivity contribution in [3.05, 3.63) is 92.4 Å². The van der Waals surface area contributed by atoms with Gasteiger partial charge in [0, 0.05) is 37.5 Å². The molecule has 8 heteroatoms. The number of aromatic hydroxyl groups is 1. The molecule has 2 atom stereocenters. The molecule has 3 aromatic rings. The lowest BCUT2D eigenvalue weighted by atomic mass is 9.97. The molecular weight excluding hydrogens is 459 g/mol. The normalized spacial score (nSPS) is 19.6. The number of hydrogen-bond acceptors (Lipinski definition) is 5. The van der Waals surface area contributed by atoms with E-state index < -0.39 is 0 Å². The maximum Gasteiger partial charge on any atom is 0.231 e. The first-order valence-corrected chi connectivity index (χ1v) is 10.7. The molecule has 0 saturated heterocycles. The number of fused-ring (bicyclic) bond motifs is 1. The summed E-state index contributed by atoms with van der Waals surface area (Å²) in [7, 11) is 0. The van der Waals surface area contributed by atoms with Gasteiger partial charge in [-0.2, -0.15) is 0 Å². The van der Waals surface area contributed by atoms with Crippen LogP contribution in [0.3, 0.4) is 0 Å². The zero-order chi connectivity index (χ0) is 21.5. The van der Waals surface area contributed by atoms with E-state index in [2.05, 4.69) is 10.6 Å². The van der Waals surface area contributed by atoms with Gasteiger partial charge in [-0.1, -0.05) is 40.9 Å². The molecule has 158 valence electrons. The van der Waals surface area contributed by atoms with Crippen molar-refractivity contribution in [3.8, 4) is 17.2 Å². The average molecular weight is 476 g/mol. The molecule has 5 rings (SSSR count). The smallest absolute Gasteiger partial charge is 0.231 e. The predicted octanol–water partition coefficient (Wildman–Crippen LogP) is 6.05. The van der Waals surface area contributed by atoms with Crippen LogP contribution in [0.25, 0.3) is 5.70 Å². The molecule has 0 radical (unpaired) electrons. The van der Waals surface area contributed by atoms with E-state index in [1.54, 1.807) is 30.3 Å². The van der Waals surface area contributed by atoms with Crippen LogP contribution in [0.4, 0.5) is 0 Å². The summed E-state index contributed by atoms with van der Waals surface area (Å²) in [6.07, 6.45) is 1.64. The van der Waals surface area contributed by atoms with Gasteiger partial charge >= 0.3 is 0 Å². The molecule has 0 saturated carbocycles. The molecule has 3 N–H and O–H groups in total. The summed E-state index contributed by atoms with van der Waals surface area (Å²) < 4.78 is 11.0. The summed E-state index contributed by atoms with van der Waals surface area (Å²) >= 11 is 18.8. The summed E-state index contributed by atoms with van der Waals surface area (Å²) in [4.78, 5) is 0. The van der Waals surface area contributed by atoms with Gasteiger partial charge in [0.15, 0.2) is 11.5 Å². The maximum atomic E-state index is 10.5. The highest BCUT2D eigenvalue weighted by Crippen LogP contribution is 2.39. The van der Waals surface area contributed by atoms with Crippen LogP contribution >= 0.6 is 34.8 Å². The monoisotopic (exact) mass is 474 g/mol.